The van der Waals surface area contributed by atoms with Gasteiger partial charge in [0.2, 0.25) is 0 Å². The van der Waals surface area contributed by atoms with Crippen LogP contribution in [-0.2, 0) is 4.79 Å². The largest absolute Gasteiger partial charge is 0.482 e. The quantitative estimate of drug-likeness (QED) is 0.891. The maximum absolute atomic E-state index is 11.8. The molecule has 0 fully saturated rings. The van der Waals surface area contributed by atoms with Crippen LogP contribution in [0.15, 0.2) is 30.6 Å². The van der Waals surface area contributed by atoms with Gasteiger partial charge in [-0.2, -0.15) is 0 Å². The Labute approximate surface area is 126 Å². The van der Waals surface area contributed by atoms with E-state index in [-0.39, 0.29) is 18.6 Å². The van der Waals surface area contributed by atoms with Gasteiger partial charge in [0.1, 0.15) is 11.6 Å². The highest BCUT2D eigenvalue weighted by atomic mass is 35.5. The van der Waals surface area contributed by atoms with E-state index in [4.69, 9.17) is 27.9 Å². The molecule has 106 valence electrons. The number of imidazole rings is 1. The molecule has 1 unspecified atom stereocenters. The minimum atomic E-state index is -0.264. The Morgan fingerprint density at radius 1 is 1.50 bits per heavy atom. The number of hydrogen-bond acceptors (Lipinski definition) is 3. The third-order valence-corrected chi connectivity index (χ3v) is 3.09. The Kier molecular flexibility index (Phi) is 4.87. The van der Waals surface area contributed by atoms with Crippen molar-refractivity contribution in [2.24, 2.45) is 0 Å². The number of benzene rings is 1. The van der Waals surface area contributed by atoms with Crippen LogP contribution in [0.1, 0.15) is 18.8 Å². The van der Waals surface area contributed by atoms with E-state index in [1.54, 1.807) is 30.6 Å². The van der Waals surface area contributed by atoms with Gasteiger partial charge in [0, 0.05) is 17.4 Å². The standard InChI is InChI=1S/C13H13Cl2N3O2/c1-8(13-16-4-5-17-13)18-12(19)7-20-11-3-2-9(14)6-10(11)15/h2-6,8H,7H2,1H3,(H,16,17)(H,18,19). The SMILES string of the molecule is CC(NC(=O)COc1ccc(Cl)cc1Cl)c1ncc[nH]1. The molecule has 20 heavy (non-hydrogen) atoms. The molecule has 1 aromatic carbocycles. The average molecular weight is 314 g/mol. The van der Waals surface area contributed by atoms with Crippen molar-refractivity contribution in [3.05, 3.63) is 46.5 Å². The Balaban J connectivity index is 1.86. The van der Waals surface area contributed by atoms with Crippen molar-refractivity contribution in [1.82, 2.24) is 15.3 Å². The van der Waals surface area contributed by atoms with Gasteiger partial charge >= 0.3 is 0 Å². The fourth-order valence-corrected chi connectivity index (χ4v) is 2.06. The molecule has 0 aliphatic heterocycles. The van der Waals surface area contributed by atoms with E-state index in [2.05, 4.69) is 15.3 Å². The summed E-state index contributed by atoms with van der Waals surface area (Å²) in [4.78, 5) is 18.7. The second-order valence-electron chi connectivity index (χ2n) is 4.13. The number of amides is 1. The van der Waals surface area contributed by atoms with Crippen LogP contribution in [0.25, 0.3) is 0 Å². The molecule has 1 aromatic heterocycles. The molecule has 1 atom stereocenters. The fraction of sp³-hybridized carbons (Fsp3) is 0.231. The smallest absolute Gasteiger partial charge is 0.258 e. The molecule has 1 heterocycles. The minimum absolute atomic E-state index is 0.133. The average Bonchev–Trinajstić information content (AvgIpc) is 2.91. The summed E-state index contributed by atoms with van der Waals surface area (Å²) in [6.45, 7) is 1.69. The van der Waals surface area contributed by atoms with Crippen LogP contribution >= 0.6 is 23.2 Å². The summed E-state index contributed by atoms with van der Waals surface area (Å²) in [5.74, 6) is 0.833. The van der Waals surface area contributed by atoms with Crippen molar-refractivity contribution in [3.8, 4) is 5.75 Å². The molecule has 7 heteroatoms. The van der Waals surface area contributed by atoms with Crippen LogP contribution in [0.4, 0.5) is 0 Å². The molecular formula is C13H13Cl2N3O2. The summed E-state index contributed by atoms with van der Waals surface area (Å²) in [6.07, 6.45) is 3.32. The molecule has 5 nitrogen and oxygen atoms in total. The van der Waals surface area contributed by atoms with Crippen molar-refractivity contribution in [2.45, 2.75) is 13.0 Å². The number of nitrogens with zero attached hydrogens (tertiary/aromatic N) is 1. The van der Waals surface area contributed by atoms with Gasteiger partial charge in [-0.15, -0.1) is 0 Å². The number of aromatic nitrogens is 2. The van der Waals surface area contributed by atoms with Crippen molar-refractivity contribution in [3.63, 3.8) is 0 Å². The summed E-state index contributed by atoms with van der Waals surface area (Å²) in [6, 6.07) is 4.60. The molecule has 0 saturated heterocycles. The van der Waals surface area contributed by atoms with Gasteiger partial charge in [-0.3, -0.25) is 4.79 Å². The number of nitrogens with one attached hydrogen (secondary N) is 2. The Morgan fingerprint density at radius 3 is 2.95 bits per heavy atom. The van der Waals surface area contributed by atoms with E-state index in [9.17, 15) is 4.79 Å². The monoisotopic (exact) mass is 313 g/mol. The van der Waals surface area contributed by atoms with E-state index in [1.165, 1.54) is 0 Å². The molecule has 2 aromatic rings. The van der Waals surface area contributed by atoms with Crippen LogP contribution in [0.2, 0.25) is 10.0 Å². The highest BCUT2D eigenvalue weighted by Gasteiger charge is 2.12. The lowest BCUT2D eigenvalue weighted by Crippen LogP contribution is -2.31. The first-order valence-corrected chi connectivity index (χ1v) is 6.68. The second kappa shape index (κ2) is 6.63. The Morgan fingerprint density at radius 2 is 2.30 bits per heavy atom. The Bertz CT molecular complexity index is 587. The van der Waals surface area contributed by atoms with Crippen LogP contribution in [0.3, 0.4) is 0 Å². The van der Waals surface area contributed by atoms with E-state index in [0.717, 1.165) is 0 Å². The first kappa shape index (κ1) is 14.7. The lowest BCUT2D eigenvalue weighted by atomic mass is 10.3. The number of carbonyl (C=O) groups excluding carboxylic acids is 1. The predicted octanol–water partition coefficient (Wildman–Crippen LogP) is 2.97. The molecule has 0 radical (unpaired) electrons. The molecule has 0 aliphatic rings. The van der Waals surface area contributed by atoms with Gasteiger partial charge in [-0.05, 0) is 25.1 Å². The van der Waals surface area contributed by atoms with Gasteiger partial charge in [0.05, 0.1) is 11.1 Å². The van der Waals surface area contributed by atoms with Crippen molar-refractivity contribution >= 4 is 29.1 Å². The van der Waals surface area contributed by atoms with Gasteiger partial charge in [0.25, 0.3) is 5.91 Å². The molecule has 0 saturated carbocycles. The zero-order valence-corrected chi connectivity index (χ0v) is 12.2. The van der Waals surface area contributed by atoms with E-state index < -0.39 is 0 Å². The molecule has 0 bridgehead atoms. The lowest BCUT2D eigenvalue weighted by molar-refractivity contribution is -0.123. The van der Waals surface area contributed by atoms with E-state index in [1.807, 2.05) is 6.92 Å². The van der Waals surface area contributed by atoms with Crippen LogP contribution in [-0.4, -0.2) is 22.5 Å². The number of halogens is 2. The highest BCUT2D eigenvalue weighted by molar-refractivity contribution is 6.35. The number of H-pyrrole nitrogens is 1. The maximum atomic E-state index is 11.8. The zero-order valence-electron chi connectivity index (χ0n) is 10.7. The number of rotatable bonds is 5. The van der Waals surface area contributed by atoms with Gasteiger partial charge in [-0.25, -0.2) is 4.98 Å². The molecular weight excluding hydrogens is 301 g/mol. The lowest BCUT2D eigenvalue weighted by Gasteiger charge is -2.12. The second-order valence-corrected chi connectivity index (χ2v) is 4.97. The highest BCUT2D eigenvalue weighted by Crippen LogP contribution is 2.27. The fourth-order valence-electron chi connectivity index (χ4n) is 1.60. The maximum Gasteiger partial charge on any atom is 0.258 e. The summed E-state index contributed by atoms with van der Waals surface area (Å²) >= 11 is 11.7. The van der Waals surface area contributed by atoms with Gasteiger partial charge in [-0.1, -0.05) is 23.2 Å². The first-order valence-electron chi connectivity index (χ1n) is 5.92. The molecule has 0 aliphatic carbocycles. The number of ether oxygens (including phenoxy) is 1. The molecule has 1 amide bonds. The van der Waals surface area contributed by atoms with Crippen LogP contribution < -0.4 is 10.1 Å². The van der Waals surface area contributed by atoms with Gasteiger partial charge < -0.3 is 15.0 Å². The third-order valence-electron chi connectivity index (χ3n) is 2.56. The van der Waals surface area contributed by atoms with Crippen molar-refractivity contribution in [1.29, 1.82) is 0 Å². The van der Waals surface area contributed by atoms with Crippen molar-refractivity contribution in [2.75, 3.05) is 6.61 Å². The molecule has 2 rings (SSSR count). The topological polar surface area (TPSA) is 67.0 Å². The minimum Gasteiger partial charge on any atom is -0.482 e. The normalized spacial score (nSPS) is 11.9. The summed E-state index contributed by atoms with van der Waals surface area (Å²) in [5.41, 5.74) is 0. The zero-order chi connectivity index (χ0) is 14.5. The molecule has 2 N–H and O–H groups in total. The number of carbonyl (C=O) groups is 1. The number of aromatic amines is 1. The summed E-state index contributed by atoms with van der Waals surface area (Å²) < 4.78 is 5.34. The molecule has 0 spiro atoms. The van der Waals surface area contributed by atoms with Crippen LogP contribution in [0.5, 0.6) is 5.75 Å². The van der Waals surface area contributed by atoms with Crippen LogP contribution in [0, 0.1) is 0 Å². The Hall–Kier alpha value is -1.72. The predicted molar refractivity (Wildman–Crippen MR) is 77.1 cm³/mol. The first-order chi connectivity index (χ1) is 9.56. The summed E-state index contributed by atoms with van der Waals surface area (Å²) in [7, 11) is 0. The van der Waals surface area contributed by atoms with E-state index >= 15 is 0 Å². The number of hydrogen-bond donors (Lipinski definition) is 2. The summed E-state index contributed by atoms with van der Waals surface area (Å²) in [5, 5.41) is 3.63. The van der Waals surface area contributed by atoms with Gasteiger partial charge in [0.15, 0.2) is 6.61 Å². The van der Waals surface area contributed by atoms with E-state index in [0.29, 0.717) is 21.6 Å². The van der Waals surface area contributed by atoms with Crippen molar-refractivity contribution < 1.29 is 9.53 Å². The third kappa shape index (κ3) is 3.88.